The van der Waals surface area contributed by atoms with E-state index in [-0.39, 0.29) is 0 Å². The molecule has 2 N–H and O–H groups in total. The quantitative estimate of drug-likeness (QED) is 0.445. The Morgan fingerprint density at radius 1 is 2.00 bits per heavy atom. The van der Waals surface area contributed by atoms with Gasteiger partial charge in [-0.3, -0.25) is 5.32 Å². The van der Waals surface area contributed by atoms with Gasteiger partial charge in [-0.2, -0.15) is 0 Å². The number of nitrogens with one attached hydrogen (secondary N) is 2. The van der Waals surface area contributed by atoms with Gasteiger partial charge in [0.05, 0.1) is 6.17 Å². The van der Waals surface area contributed by atoms with Gasteiger partial charge in [-0.1, -0.05) is 6.92 Å². The molecule has 0 aliphatic carbocycles. The van der Waals surface area contributed by atoms with Gasteiger partial charge in [-0.15, -0.1) is 0 Å². The van der Waals surface area contributed by atoms with E-state index >= 15 is 0 Å². The fourth-order valence-corrected chi connectivity index (χ4v) is 0.450. The standard InChI is InChI=1S/C4H10N2/c1-2-5-4-3-6-4/h4-6H,2-3H2,1H3. The molecular weight excluding hydrogens is 76.1 g/mol. The second-order valence-corrected chi connectivity index (χ2v) is 1.52. The summed E-state index contributed by atoms with van der Waals surface area (Å²) in [6.07, 6.45) is 0.648. The third-order valence-electron chi connectivity index (χ3n) is 0.859. The molecular formula is C4H10N2. The van der Waals surface area contributed by atoms with Crippen LogP contribution in [0.4, 0.5) is 0 Å². The molecule has 1 saturated heterocycles. The summed E-state index contributed by atoms with van der Waals surface area (Å²) in [5.74, 6) is 0. The Hall–Kier alpha value is -0.0800. The van der Waals surface area contributed by atoms with E-state index < -0.39 is 0 Å². The molecule has 1 rings (SSSR count). The third kappa shape index (κ3) is 0.954. The van der Waals surface area contributed by atoms with E-state index in [1.54, 1.807) is 0 Å². The minimum absolute atomic E-state index is 0.648. The van der Waals surface area contributed by atoms with Gasteiger partial charge in [0.2, 0.25) is 0 Å². The maximum absolute atomic E-state index is 3.21. The summed E-state index contributed by atoms with van der Waals surface area (Å²) in [5, 5.41) is 6.33. The Labute approximate surface area is 37.9 Å². The Morgan fingerprint density at radius 2 is 2.67 bits per heavy atom. The lowest BCUT2D eigenvalue weighted by Crippen LogP contribution is -2.18. The number of hydrogen-bond donors (Lipinski definition) is 2. The smallest absolute Gasteiger partial charge is 0.0701 e. The van der Waals surface area contributed by atoms with Gasteiger partial charge in [0.25, 0.3) is 0 Å². The van der Waals surface area contributed by atoms with Gasteiger partial charge >= 0.3 is 0 Å². The van der Waals surface area contributed by atoms with Gasteiger partial charge in [0.15, 0.2) is 0 Å². The molecule has 0 bridgehead atoms. The molecule has 1 unspecified atom stereocenters. The number of hydrogen-bond acceptors (Lipinski definition) is 2. The van der Waals surface area contributed by atoms with Crippen LogP contribution in [0.1, 0.15) is 6.92 Å². The van der Waals surface area contributed by atoms with Crippen molar-refractivity contribution in [3.8, 4) is 0 Å². The molecule has 0 amide bonds. The topological polar surface area (TPSA) is 34.0 Å². The van der Waals surface area contributed by atoms with Crippen molar-refractivity contribution in [1.82, 2.24) is 10.6 Å². The lowest BCUT2D eigenvalue weighted by Gasteiger charge is -1.88. The summed E-state index contributed by atoms with van der Waals surface area (Å²) in [5.41, 5.74) is 0. The highest BCUT2D eigenvalue weighted by Gasteiger charge is 2.16. The van der Waals surface area contributed by atoms with E-state index in [0.29, 0.717) is 6.17 Å². The molecule has 36 valence electrons. The van der Waals surface area contributed by atoms with Gasteiger partial charge in [-0.25, -0.2) is 0 Å². The molecule has 0 aromatic rings. The molecule has 0 saturated carbocycles. The van der Waals surface area contributed by atoms with Crippen molar-refractivity contribution in [2.75, 3.05) is 13.1 Å². The van der Waals surface area contributed by atoms with Crippen molar-refractivity contribution in [3.63, 3.8) is 0 Å². The number of likely N-dealkylation sites (N-methyl/N-ethyl adjacent to an activating group) is 1. The van der Waals surface area contributed by atoms with Crippen LogP contribution >= 0.6 is 0 Å². The molecule has 0 aromatic heterocycles. The van der Waals surface area contributed by atoms with E-state index in [1.807, 2.05) is 0 Å². The predicted octanol–water partition coefficient (Wildman–Crippen LogP) is -0.475. The lowest BCUT2D eigenvalue weighted by atomic mass is 10.7. The molecule has 0 aromatic carbocycles. The van der Waals surface area contributed by atoms with Crippen molar-refractivity contribution < 1.29 is 0 Å². The maximum atomic E-state index is 3.21. The van der Waals surface area contributed by atoms with Crippen LogP contribution in [-0.4, -0.2) is 19.3 Å². The van der Waals surface area contributed by atoms with Crippen LogP contribution in [0.5, 0.6) is 0 Å². The molecule has 0 spiro atoms. The molecule has 1 fully saturated rings. The first kappa shape index (κ1) is 4.09. The van der Waals surface area contributed by atoms with Gasteiger partial charge in [0, 0.05) is 6.54 Å². The van der Waals surface area contributed by atoms with Crippen molar-refractivity contribution >= 4 is 0 Å². The third-order valence-corrected chi connectivity index (χ3v) is 0.859. The largest absolute Gasteiger partial charge is 0.301 e. The predicted molar refractivity (Wildman–Crippen MR) is 25.5 cm³/mol. The highest BCUT2D eigenvalue weighted by molar-refractivity contribution is 4.78. The van der Waals surface area contributed by atoms with Crippen LogP contribution in [0.25, 0.3) is 0 Å². The van der Waals surface area contributed by atoms with E-state index in [1.165, 1.54) is 0 Å². The van der Waals surface area contributed by atoms with E-state index in [9.17, 15) is 0 Å². The van der Waals surface area contributed by atoms with Gasteiger partial charge in [-0.05, 0) is 6.54 Å². The second-order valence-electron chi connectivity index (χ2n) is 1.52. The van der Waals surface area contributed by atoms with Crippen LogP contribution in [0.2, 0.25) is 0 Å². The van der Waals surface area contributed by atoms with Crippen LogP contribution in [0, 0.1) is 0 Å². The van der Waals surface area contributed by atoms with Crippen molar-refractivity contribution in [1.29, 1.82) is 0 Å². The van der Waals surface area contributed by atoms with Crippen LogP contribution in [0.15, 0.2) is 0 Å². The first-order chi connectivity index (χ1) is 2.93. The van der Waals surface area contributed by atoms with Crippen molar-refractivity contribution in [3.05, 3.63) is 0 Å². The summed E-state index contributed by atoms with van der Waals surface area (Å²) in [4.78, 5) is 0. The highest BCUT2D eigenvalue weighted by Crippen LogP contribution is 1.86. The first-order valence-electron chi connectivity index (χ1n) is 2.40. The van der Waals surface area contributed by atoms with E-state index in [0.717, 1.165) is 13.1 Å². The normalized spacial score (nSPS) is 30.5. The van der Waals surface area contributed by atoms with Crippen LogP contribution in [-0.2, 0) is 0 Å². The first-order valence-corrected chi connectivity index (χ1v) is 2.40. The molecule has 2 heteroatoms. The van der Waals surface area contributed by atoms with Gasteiger partial charge in [0.1, 0.15) is 0 Å². The summed E-state index contributed by atoms with van der Waals surface area (Å²) in [6.45, 7) is 4.35. The average Bonchev–Trinajstić information content (AvgIpc) is 2.21. The zero-order valence-corrected chi connectivity index (χ0v) is 3.99. The Morgan fingerprint density at radius 3 is 2.83 bits per heavy atom. The lowest BCUT2D eigenvalue weighted by molar-refractivity contribution is 0.710. The van der Waals surface area contributed by atoms with Crippen LogP contribution < -0.4 is 10.6 Å². The minimum Gasteiger partial charge on any atom is -0.301 e. The van der Waals surface area contributed by atoms with Crippen molar-refractivity contribution in [2.45, 2.75) is 13.1 Å². The molecule has 2 nitrogen and oxygen atoms in total. The molecule has 1 aliphatic heterocycles. The zero-order chi connectivity index (χ0) is 4.41. The second kappa shape index (κ2) is 1.58. The van der Waals surface area contributed by atoms with Crippen LogP contribution in [0.3, 0.4) is 0 Å². The summed E-state index contributed by atoms with van der Waals surface area (Å²) >= 11 is 0. The summed E-state index contributed by atoms with van der Waals surface area (Å²) in [6, 6.07) is 0. The number of rotatable bonds is 2. The molecule has 1 aliphatic rings. The summed E-state index contributed by atoms with van der Waals surface area (Å²) < 4.78 is 0. The Kier molecular flexibility index (Phi) is 1.08. The molecule has 1 heterocycles. The molecule has 6 heavy (non-hydrogen) atoms. The van der Waals surface area contributed by atoms with Crippen molar-refractivity contribution in [2.24, 2.45) is 0 Å². The van der Waals surface area contributed by atoms with E-state index in [4.69, 9.17) is 0 Å². The monoisotopic (exact) mass is 86.1 g/mol. The fourth-order valence-electron chi connectivity index (χ4n) is 0.450. The van der Waals surface area contributed by atoms with Gasteiger partial charge < -0.3 is 5.32 Å². The SMILES string of the molecule is CCNC1CN1. The van der Waals surface area contributed by atoms with E-state index in [2.05, 4.69) is 17.6 Å². The summed E-state index contributed by atoms with van der Waals surface area (Å²) in [7, 11) is 0. The fraction of sp³-hybridized carbons (Fsp3) is 1.00. The Bertz CT molecular complexity index is 40.8. The molecule has 0 radical (unpaired) electrons. The minimum atomic E-state index is 0.648. The zero-order valence-electron chi connectivity index (χ0n) is 3.99. The highest BCUT2D eigenvalue weighted by atomic mass is 15.3. The maximum Gasteiger partial charge on any atom is 0.0701 e. The average molecular weight is 86.1 g/mol. The molecule has 1 atom stereocenters. The Balaban J connectivity index is 1.88.